The van der Waals surface area contributed by atoms with Crippen molar-refractivity contribution < 1.29 is 13.6 Å². The van der Waals surface area contributed by atoms with Crippen LogP contribution in [0.1, 0.15) is 15.9 Å². The molecule has 0 fully saturated rings. The monoisotopic (exact) mass is 259 g/mol. The van der Waals surface area contributed by atoms with E-state index in [4.69, 9.17) is 5.26 Å². The molecule has 0 aliphatic heterocycles. The van der Waals surface area contributed by atoms with Crippen LogP contribution < -0.4 is 5.32 Å². The summed E-state index contributed by atoms with van der Waals surface area (Å²) in [4.78, 5) is 15.7. The summed E-state index contributed by atoms with van der Waals surface area (Å²) in [6.45, 7) is 0. The molecule has 1 aromatic carbocycles. The van der Waals surface area contributed by atoms with Crippen molar-refractivity contribution in [3.05, 3.63) is 59.3 Å². The second-order valence-corrected chi connectivity index (χ2v) is 3.59. The first-order valence-corrected chi connectivity index (χ1v) is 5.23. The van der Waals surface area contributed by atoms with E-state index in [0.717, 1.165) is 18.3 Å². The maximum absolute atomic E-state index is 13.4. The van der Waals surface area contributed by atoms with Gasteiger partial charge in [-0.15, -0.1) is 0 Å². The molecular formula is C13H7F2N3O. The second-order valence-electron chi connectivity index (χ2n) is 3.59. The average molecular weight is 259 g/mol. The Morgan fingerprint density at radius 2 is 1.89 bits per heavy atom. The van der Waals surface area contributed by atoms with Crippen LogP contribution in [-0.4, -0.2) is 10.8 Å². The number of ketones is 1. The zero-order valence-corrected chi connectivity index (χ0v) is 9.52. The number of hydrogen-bond acceptors (Lipinski definition) is 4. The number of halogens is 2. The smallest absolute Gasteiger partial charge is 0.200 e. The molecule has 2 rings (SSSR count). The first-order chi connectivity index (χ1) is 9.13. The molecule has 0 spiro atoms. The highest BCUT2D eigenvalue weighted by molar-refractivity contribution is 6.09. The van der Waals surface area contributed by atoms with Crippen molar-refractivity contribution in [2.45, 2.75) is 0 Å². The summed E-state index contributed by atoms with van der Waals surface area (Å²) >= 11 is 0. The van der Waals surface area contributed by atoms with Crippen molar-refractivity contribution in [2.24, 2.45) is 0 Å². The maximum Gasteiger partial charge on any atom is 0.200 e. The molecule has 0 amide bonds. The van der Waals surface area contributed by atoms with Crippen LogP contribution in [-0.2, 0) is 0 Å². The Bertz CT molecular complexity index is 642. The molecule has 0 atom stereocenters. The van der Waals surface area contributed by atoms with Gasteiger partial charge in [0.15, 0.2) is 12.0 Å². The number of carbonyl (C=O) groups is 1. The Balaban J connectivity index is 2.37. The molecule has 19 heavy (non-hydrogen) atoms. The normalized spacial score (nSPS) is 9.74. The van der Waals surface area contributed by atoms with E-state index >= 15 is 0 Å². The number of pyridine rings is 1. The van der Waals surface area contributed by atoms with Crippen LogP contribution >= 0.6 is 0 Å². The van der Waals surface area contributed by atoms with Crippen LogP contribution in [0.25, 0.3) is 0 Å². The zero-order valence-electron chi connectivity index (χ0n) is 9.52. The van der Waals surface area contributed by atoms with Crippen molar-refractivity contribution in [1.29, 1.82) is 5.26 Å². The van der Waals surface area contributed by atoms with Crippen LogP contribution in [0, 0.1) is 23.1 Å². The number of nitriles is 1. The molecule has 1 N–H and O–H groups in total. The fourth-order valence-corrected chi connectivity index (χ4v) is 1.52. The van der Waals surface area contributed by atoms with Gasteiger partial charge in [0.1, 0.15) is 17.5 Å². The van der Waals surface area contributed by atoms with Crippen molar-refractivity contribution in [3.8, 4) is 6.19 Å². The van der Waals surface area contributed by atoms with E-state index in [1.807, 2.05) is 0 Å². The third-order valence-electron chi connectivity index (χ3n) is 2.40. The molecule has 1 heterocycles. The molecule has 0 radical (unpaired) electrons. The Morgan fingerprint density at radius 3 is 2.42 bits per heavy atom. The number of nitrogens with one attached hydrogen (secondary N) is 1. The molecule has 0 aliphatic carbocycles. The largest absolute Gasteiger partial charge is 0.288 e. The summed E-state index contributed by atoms with van der Waals surface area (Å²) < 4.78 is 26.9. The molecule has 0 aliphatic rings. The van der Waals surface area contributed by atoms with Crippen LogP contribution in [0.4, 0.5) is 14.6 Å². The molecule has 0 unspecified atom stereocenters. The zero-order chi connectivity index (χ0) is 13.8. The summed E-state index contributed by atoms with van der Waals surface area (Å²) in [6.07, 6.45) is 2.81. The maximum atomic E-state index is 13.4. The Morgan fingerprint density at radius 1 is 1.21 bits per heavy atom. The van der Waals surface area contributed by atoms with Crippen LogP contribution in [0.5, 0.6) is 0 Å². The number of hydrogen-bond donors (Lipinski definition) is 1. The molecular weight excluding hydrogens is 252 g/mol. The third kappa shape index (κ3) is 2.55. The van der Waals surface area contributed by atoms with E-state index < -0.39 is 23.0 Å². The van der Waals surface area contributed by atoms with E-state index in [2.05, 4.69) is 10.3 Å². The quantitative estimate of drug-likeness (QED) is 0.522. The lowest BCUT2D eigenvalue weighted by Gasteiger charge is -2.04. The van der Waals surface area contributed by atoms with E-state index in [-0.39, 0.29) is 11.4 Å². The van der Waals surface area contributed by atoms with Crippen molar-refractivity contribution >= 4 is 11.6 Å². The number of nitrogens with zero attached hydrogens (tertiary/aromatic N) is 2. The van der Waals surface area contributed by atoms with Gasteiger partial charge in [0, 0.05) is 11.8 Å². The highest BCUT2D eigenvalue weighted by Crippen LogP contribution is 2.17. The van der Waals surface area contributed by atoms with Gasteiger partial charge < -0.3 is 0 Å². The van der Waals surface area contributed by atoms with Gasteiger partial charge in [-0.2, -0.15) is 5.26 Å². The summed E-state index contributed by atoms with van der Waals surface area (Å²) in [7, 11) is 0. The van der Waals surface area contributed by atoms with Crippen LogP contribution in [0.15, 0.2) is 36.5 Å². The van der Waals surface area contributed by atoms with Crippen molar-refractivity contribution in [2.75, 3.05) is 5.32 Å². The standard InChI is InChI=1S/C13H7F2N3O/c14-9-2-1-3-10(15)12(9)13(19)8-4-5-11(17-6-8)18-7-16/h1-6H,(H,17,18). The van der Waals surface area contributed by atoms with E-state index in [0.29, 0.717) is 0 Å². The minimum atomic E-state index is -0.927. The number of carbonyl (C=O) groups excluding carboxylic acids is 1. The second kappa shape index (κ2) is 5.23. The lowest BCUT2D eigenvalue weighted by atomic mass is 10.0. The van der Waals surface area contributed by atoms with Crippen LogP contribution in [0.2, 0.25) is 0 Å². The fourth-order valence-electron chi connectivity index (χ4n) is 1.52. The Kier molecular flexibility index (Phi) is 3.48. The van der Waals surface area contributed by atoms with Gasteiger partial charge in [-0.1, -0.05) is 6.07 Å². The highest BCUT2D eigenvalue weighted by atomic mass is 19.1. The molecule has 94 valence electrons. The van der Waals surface area contributed by atoms with Gasteiger partial charge in [0.2, 0.25) is 0 Å². The van der Waals surface area contributed by atoms with Gasteiger partial charge in [-0.3, -0.25) is 10.1 Å². The Hall–Kier alpha value is -2.81. The molecule has 4 nitrogen and oxygen atoms in total. The fraction of sp³-hybridized carbons (Fsp3) is 0. The topological polar surface area (TPSA) is 65.8 Å². The molecule has 6 heteroatoms. The summed E-state index contributed by atoms with van der Waals surface area (Å²) in [6, 6.07) is 5.90. The van der Waals surface area contributed by atoms with Crippen LogP contribution in [0.3, 0.4) is 0 Å². The van der Waals surface area contributed by atoms with E-state index in [1.165, 1.54) is 18.2 Å². The molecule has 2 aromatic rings. The lowest BCUT2D eigenvalue weighted by molar-refractivity contribution is 0.103. The third-order valence-corrected chi connectivity index (χ3v) is 2.40. The minimum absolute atomic E-state index is 0.0347. The highest BCUT2D eigenvalue weighted by Gasteiger charge is 2.18. The van der Waals surface area contributed by atoms with Crippen molar-refractivity contribution in [1.82, 2.24) is 4.98 Å². The van der Waals surface area contributed by atoms with Gasteiger partial charge in [0.05, 0.1) is 5.56 Å². The molecule has 1 aromatic heterocycles. The molecule has 0 saturated carbocycles. The average Bonchev–Trinajstić information content (AvgIpc) is 2.39. The first-order valence-electron chi connectivity index (χ1n) is 5.23. The van der Waals surface area contributed by atoms with Gasteiger partial charge >= 0.3 is 0 Å². The molecule has 0 saturated heterocycles. The predicted octanol–water partition coefficient (Wildman–Crippen LogP) is 2.48. The number of rotatable bonds is 3. The number of aromatic nitrogens is 1. The van der Waals surface area contributed by atoms with E-state index in [1.54, 1.807) is 6.19 Å². The number of anilines is 1. The Labute approximate surface area is 107 Å². The summed E-state index contributed by atoms with van der Waals surface area (Å²) in [5, 5.41) is 10.7. The lowest BCUT2D eigenvalue weighted by Crippen LogP contribution is -2.08. The minimum Gasteiger partial charge on any atom is -0.288 e. The SMILES string of the molecule is N#CNc1ccc(C(=O)c2c(F)cccc2F)cn1. The van der Waals surface area contributed by atoms with E-state index in [9.17, 15) is 13.6 Å². The summed E-state index contributed by atoms with van der Waals surface area (Å²) in [5.74, 6) is -2.41. The predicted molar refractivity (Wildman–Crippen MR) is 63.3 cm³/mol. The number of benzene rings is 1. The summed E-state index contributed by atoms with van der Waals surface area (Å²) in [5.41, 5.74) is -0.585. The first kappa shape index (κ1) is 12.6. The molecule has 0 bridgehead atoms. The van der Waals surface area contributed by atoms with Gasteiger partial charge in [-0.25, -0.2) is 13.8 Å². The van der Waals surface area contributed by atoms with Crippen molar-refractivity contribution in [3.63, 3.8) is 0 Å². The van der Waals surface area contributed by atoms with Gasteiger partial charge in [0.25, 0.3) is 0 Å². The van der Waals surface area contributed by atoms with Gasteiger partial charge in [-0.05, 0) is 24.3 Å².